The van der Waals surface area contributed by atoms with Crippen LogP contribution in [0.4, 0.5) is 4.39 Å². The van der Waals surface area contributed by atoms with Gasteiger partial charge in [-0.2, -0.15) is 0 Å². The molecule has 0 atom stereocenters. The molecular weight excluding hydrogens is 225 g/mol. The molecule has 6 heteroatoms. The van der Waals surface area contributed by atoms with Crippen molar-refractivity contribution in [3.8, 4) is 5.69 Å². The predicted molar refractivity (Wildman–Crippen MR) is 57.4 cm³/mol. The van der Waals surface area contributed by atoms with Gasteiger partial charge < -0.3 is 5.11 Å². The summed E-state index contributed by atoms with van der Waals surface area (Å²) in [6.07, 6.45) is 1.15. The molecule has 1 heterocycles. The van der Waals surface area contributed by atoms with Crippen molar-refractivity contribution in [2.75, 3.05) is 0 Å². The summed E-state index contributed by atoms with van der Waals surface area (Å²) in [6.45, 7) is 1.79. The quantitative estimate of drug-likeness (QED) is 0.871. The first kappa shape index (κ1) is 11.3. The summed E-state index contributed by atoms with van der Waals surface area (Å²) in [5, 5.41) is 16.2. The van der Waals surface area contributed by atoms with Crippen LogP contribution in [0.5, 0.6) is 0 Å². The van der Waals surface area contributed by atoms with Crippen LogP contribution in [0.1, 0.15) is 11.3 Å². The molecule has 0 fully saturated rings. The van der Waals surface area contributed by atoms with Crippen LogP contribution in [0.2, 0.25) is 0 Å². The second kappa shape index (κ2) is 4.32. The fourth-order valence-corrected chi connectivity index (χ4v) is 1.55. The number of halogens is 1. The first-order valence-electron chi connectivity index (χ1n) is 4.96. The SMILES string of the molecule is Cc1ccc(F)cc1-n1nncc1CC(=O)O. The molecule has 1 aromatic heterocycles. The lowest BCUT2D eigenvalue weighted by atomic mass is 10.2. The van der Waals surface area contributed by atoms with E-state index in [0.29, 0.717) is 11.4 Å². The summed E-state index contributed by atoms with van der Waals surface area (Å²) < 4.78 is 14.5. The van der Waals surface area contributed by atoms with E-state index >= 15 is 0 Å². The minimum atomic E-state index is -0.984. The van der Waals surface area contributed by atoms with Gasteiger partial charge in [0.05, 0.1) is 24.0 Å². The molecule has 0 aliphatic heterocycles. The zero-order valence-electron chi connectivity index (χ0n) is 9.09. The highest BCUT2D eigenvalue weighted by Gasteiger charge is 2.12. The maximum atomic E-state index is 13.2. The van der Waals surface area contributed by atoms with Gasteiger partial charge in [0.25, 0.3) is 0 Å². The first-order valence-corrected chi connectivity index (χ1v) is 4.96. The topological polar surface area (TPSA) is 68.0 Å². The Balaban J connectivity index is 2.49. The predicted octanol–water partition coefficient (Wildman–Crippen LogP) is 1.34. The number of carbonyl (C=O) groups is 1. The number of aliphatic carboxylic acids is 1. The summed E-state index contributed by atoms with van der Waals surface area (Å²) in [5.41, 5.74) is 1.70. The fourth-order valence-electron chi connectivity index (χ4n) is 1.55. The molecule has 0 spiro atoms. The number of carboxylic acids is 1. The molecule has 2 rings (SSSR count). The van der Waals surface area contributed by atoms with Crippen molar-refractivity contribution < 1.29 is 14.3 Å². The van der Waals surface area contributed by atoms with E-state index in [-0.39, 0.29) is 6.42 Å². The Hall–Kier alpha value is -2.24. The van der Waals surface area contributed by atoms with E-state index in [4.69, 9.17) is 5.11 Å². The zero-order chi connectivity index (χ0) is 12.4. The third kappa shape index (κ3) is 2.30. The molecule has 2 aromatic rings. The monoisotopic (exact) mass is 235 g/mol. The number of rotatable bonds is 3. The van der Waals surface area contributed by atoms with E-state index in [2.05, 4.69) is 10.3 Å². The molecule has 0 radical (unpaired) electrons. The highest BCUT2D eigenvalue weighted by atomic mass is 19.1. The highest BCUT2D eigenvalue weighted by molar-refractivity contribution is 5.69. The van der Waals surface area contributed by atoms with Gasteiger partial charge in [-0.25, -0.2) is 9.07 Å². The smallest absolute Gasteiger partial charge is 0.309 e. The molecule has 5 nitrogen and oxygen atoms in total. The summed E-state index contributed by atoms with van der Waals surface area (Å²) in [4.78, 5) is 10.7. The average Bonchev–Trinajstić information content (AvgIpc) is 2.69. The third-order valence-electron chi connectivity index (χ3n) is 2.35. The summed E-state index contributed by atoms with van der Waals surface area (Å²) in [5.74, 6) is -1.38. The average molecular weight is 235 g/mol. The van der Waals surface area contributed by atoms with Gasteiger partial charge in [0.1, 0.15) is 5.82 Å². The van der Waals surface area contributed by atoms with Gasteiger partial charge in [-0.05, 0) is 24.6 Å². The minimum absolute atomic E-state index is 0.205. The van der Waals surface area contributed by atoms with Gasteiger partial charge in [0.15, 0.2) is 0 Å². The van der Waals surface area contributed by atoms with Gasteiger partial charge >= 0.3 is 5.97 Å². The number of nitrogens with zero attached hydrogens (tertiary/aromatic N) is 3. The van der Waals surface area contributed by atoms with Crippen LogP contribution in [0, 0.1) is 12.7 Å². The maximum absolute atomic E-state index is 13.2. The van der Waals surface area contributed by atoms with E-state index in [0.717, 1.165) is 5.56 Å². The van der Waals surface area contributed by atoms with E-state index in [1.807, 2.05) is 0 Å². The Bertz CT molecular complexity index is 566. The lowest BCUT2D eigenvalue weighted by Gasteiger charge is -2.07. The lowest BCUT2D eigenvalue weighted by Crippen LogP contribution is -2.09. The Labute approximate surface area is 96.5 Å². The number of aromatic nitrogens is 3. The molecule has 1 N–H and O–H groups in total. The molecule has 0 aliphatic rings. The van der Waals surface area contributed by atoms with Crippen molar-refractivity contribution in [1.82, 2.24) is 15.0 Å². The van der Waals surface area contributed by atoms with Crippen LogP contribution in [0.25, 0.3) is 5.69 Å². The number of aryl methyl sites for hydroxylation is 1. The van der Waals surface area contributed by atoms with Crippen LogP contribution in [-0.2, 0) is 11.2 Å². The second-order valence-electron chi connectivity index (χ2n) is 3.64. The van der Waals surface area contributed by atoms with Crippen molar-refractivity contribution in [1.29, 1.82) is 0 Å². The fraction of sp³-hybridized carbons (Fsp3) is 0.182. The molecule has 0 bridgehead atoms. The number of hydrogen-bond donors (Lipinski definition) is 1. The largest absolute Gasteiger partial charge is 0.481 e. The van der Waals surface area contributed by atoms with E-state index in [1.54, 1.807) is 13.0 Å². The normalized spacial score (nSPS) is 10.5. The van der Waals surface area contributed by atoms with Crippen molar-refractivity contribution >= 4 is 5.97 Å². The maximum Gasteiger partial charge on any atom is 0.309 e. The van der Waals surface area contributed by atoms with Crippen LogP contribution in [0.3, 0.4) is 0 Å². The van der Waals surface area contributed by atoms with Crippen molar-refractivity contribution in [2.24, 2.45) is 0 Å². The zero-order valence-corrected chi connectivity index (χ0v) is 9.09. The third-order valence-corrected chi connectivity index (χ3v) is 2.35. The number of benzene rings is 1. The van der Waals surface area contributed by atoms with Gasteiger partial charge in [0, 0.05) is 0 Å². The molecule has 0 amide bonds. The molecule has 0 saturated carbocycles. The van der Waals surface area contributed by atoms with Crippen LogP contribution in [0.15, 0.2) is 24.4 Å². The van der Waals surface area contributed by atoms with E-state index in [9.17, 15) is 9.18 Å². The van der Waals surface area contributed by atoms with Gasteiger partial charge in [-0.15, -0.1) is 5.10 Å². The van der Waals surface area contributed by atoms with Crippen LogP contribution < -0.4 is 0 Å². The second-order valence-corrected chi connectivity index (χ2v) is 3.64. The summed E-state index contributed by atoms with van der Waals surface area (Å²) in [6, 6.07) is 4.25. The minimum Gasteiger partial charge on any atom is -0.481 e. The van der Waals surface area contributed by atoms with Crippen LogP contribution in [-0.4, -0.2) is 26.1 Å². The molecule has 1 aromatic carbocycles. The molecule has 0 saturated heterocycles. The number of hydrogen-bond acceptors (Lipinski definition) is 3. The Morgan fingerprint density at radius 2 is 2.29 bits per heavy atom. The summed E-state index contributed by atoms with van der Waals surface area (Å²) in [7, 11) is 0. The Kier molecular flexibility index (Phi) is 2.86. The molecule has 17 heavy (non-hydrogen) atoms. The molecular formula is C11H10FN3O2. The Morgan fingerprint density at radius 3 is 3.00 bits per heavy atom. The van der Waals surface area contributed by atoms with Crippen LogP contribution >= 0.6 is 0 Å². The highest BCUT2D eigenvalue weighted by Crippen LogP contribution is 2.16. The molecule has 0 unspecified atom stereocenters. The molecule has 0 aliphatic carbocycles. The molecule has 88 valence electrons. The number of carboxylic acid groups (broad SMARTS) is 1. The van der Waals surface area contributed by atoms with E-state index in [1.165, 1.54) is 23.0 Å². The van der Waals surface area contributed by atoms with Gasteiger partial charge in [-0.1, -0.05) is 11.3 Å². The standard InChI is InChI=1S/C11H10FN3O2/c1-7-2-3-8(12)4-10(7)15-9(5-11(16)17)6-13-14-15/h2-4,6H,5H2,1H3,(H,16,17). The van der Waals surface area contributed by atoms with Gasteiger partial charge in [-0.3, -0.25) is 4.79 Å². The van der Waals surface area contributed by atoms with E-state index < -0.39 is 11.8 Å². The Morgan fingerprint density at radius 1 is 1.53 bits per heavy atom. The summed E-state index contributed by atoms with van der Waals surface area (Å²) >= 11 is 0. The van der Waals surface area contributed by atoms with Gasteiger partial charge in [0.2, 0.25) is 0 Å². The van der Waals surface area contributed by atoms with Crippen molar-refractivity contribution in [3.63, 3.8) is 0 Å². The first-order chi connectivity index (χ1) is 8.08. The van der Waals surface area contributed by atoms with Crippen molar-refractivity contribution in [3.05, 3.63) is 41.5 Å². The lowest BCUT2D eigenvalue weighted by molar-refractivity contribution is -0.136. The van der Waals surface area contributed by atoms with Crippen molar-refractivity contribution in [2.45, 2.75) is 13.3 Å².